The Balaban J connectivity index is 1.50. The Morgan fingerprint density at radius 3 is 2.35 bits per heavy atom. The molecule has 0 aromatic heterocycles. The first-order valence-corrected chi connectivity index (χ1v) is 10.5. The number of thioether (sulfide) groups is 2. The van der Waals surface area contributed by atoms with Crippen molar-refractivity contribution in [2.24, 2.45) is 11.8 Å². The summed E-state index contributed by atoms with van der Waals surface area (Å²) in [7, 11) is 0. The number of hydrogen-bond acceptors (Lipinski definition) is 4. The molecule has 0 N–H and O–H groups in total. The molecule has 1 amide bonds. The predicted octanol–water partition coefficient (Wildman–Crippen LogP) is 4.05. The van der Waals surface area contributed by atoms with Crippen LogP contribution in [-0.4, -0.2) is 42.0 Å². The second-order valence-electron chi connectivity index (χ2n) is 6.68. The van der Waals surface area contributed by atoms with Gasteiger partial charge in [0.15, 0.2) is 6.61 Å². The van der Waals surface area contributed by atoms with E-state index >= 15 is 0 Å². The van der Waals surface area contributed by atoms with Crippen LogP contribution in [0.5, 0.6) is 5.75 Å². The van der Waals surface area contributed by atoms with Gasteiger partial charge in [-0.25, -0.2) is 0 Å². The number of hydrogen-bond donors (Lipinski definition) is 0. The van der Waals surface area contributed by atoms with Crippen LogP contribution in [0.1, 0.15) is 30.4 Å². The third-order valence-electron chi connectivity index (χ3n) is 4.36. The summed E-state index contributed by atoms with van der Waals surface area (Å²) in [5.74, 6) is 4.53. The van der Waals surface area contributed by atoms with E-state index in [9.17, 15) is 4.79 Å². The van der Waals surface area contributed by atoms with Gasteiger partial charge in [0.25, 0.3) is 5.91 Å². The molecule has 0 radical (unpaired) electrons. The fraction of sp³-hybridized carbons (Fsp3) is 0.611. The van der Waals surface area contributed by atoms with Crippen molar-refractivity contribution in [2.45, 2.75) is 24.9 Å². The molecule has 2 aliphatic heterocycles. The molecule has 0 aliphatic carbocycles. The lowest BCUT2D eigenvalue weighted by atomic mass is 9.92. The lowest BCUT2D eigenvalue weighted by molar-refractivity contribution is -0.136. The van der Waals surface area contributed by atoms with Crippen molar-refractivity contribution < 1.29 is 9.53 Å². The fourth-order valence-corrected chi connectivity index (χ4v) is 6.23. The molecule has 2 aliphatic rings. The highest BCUT2D eigenvalue weighted by atomic mass is 32.2. The molecule has 3 nitrogen and oxygen atoms in total. The number of ether oxygens (including phenoxy) is 1. The van der Waals surface area contributed by atoms with Gasteiger partial charge >= 0.3 is 0 Å². The Hall–Kier alpha value is -0.810. The van der Waals surface area contributed by atoms with Crippen LogP contribution in [0.4, 0.5) is 0 Å². The zero-order valence-corrected chi connectivity index (χ0v) is 15.5. The van der Waals surface area contributed by atoms with Gasteiger partial charge in [0.05, 0.1) is 4.58 Å². The maximum Gasteiger partial charge on any atom is 0.260 e. The van der Waals surface area contributed by atoms with Crippen LogP contribution in [0.25, 0.3) is 0 Å². The van der Waals surface area contributed by atoms with Crippen LogP contribution >= 0.6 is 23.5 Å². The van der Waals surface area contributed by atoms with Crippen molar-refractivity contribution in [1.82, 2.24) is 4.90 Å². The molecular weight excluding hydrogens is 326 g/mol. The van der Waals surface area contributed by atoms with E-state index in [0.717, 1.165) is 18.8 Å². The van der Waals surface area contributed by atoms with Gasteiger partial charge in [-0.15, -0.1) is 23.5 Å². The molecule has 23 heavy (non-hydrogen) atoms. The first-order valence-electron chi connectivity index (χ1n) is 8.35. The molecule has 1 aromatic carbocycles. The molecule has 2 atom stereocenters. The number of carbonyl (C=O) groups excluding carboxylic acids is 1. The number of rotatable bonds is 4. The molecule has 0 spiro atoms. The van der Waals surface area contributed by atoms with Crippen molar-refractivity contribution in [3.05, 3.63) is 29.8 Å². The van der Waals surface area contributed by atoms with E-state index in [0.29, 0.717) is 16.4 Å². The van der Waals surface area contributed by atoms with Crippen molar-refractivity contribution >= 4 is 29.4 Å². The Kier molecular flexibility index (Phi) is 5.81. The Morgan fingerprint density at radius 1 is 1.13 bits per heavy atom. The number of nitrogens with zero attached hydrogens (tertiary/aromatic N) is 1. The largest absolute Gasteiger partial charge is 0.484 e. The number of likely N-dealkylation sites (tertiary alicyclic amines) is 1. The minimum Gasteiger partial charge on any atom is -0.484 e. The van der Waals surface area contributed by atoms with E-state index in [1.54, 1.807) is 0 Å². The summed E-state index contributed by atoms with van der Waals surface area (Å²) in [6.07, 6.45) is 1.21. The van der Waals surface area contributed by atoms with Gasteiger partial charge in [-0.2, -0.15) is 0 Å². The lowest BCUT2D eigenvalue weighted by Gasteiger charge is -2.34. The third kappa shape index (κ3) is 4.60. The molecule has 3 rings (SSSR count). The van der Waals surface area contributed by atoms with Crippen LogP contribution in [0, 0.1) is 11.8 Å². The lowest BCUT2D eigenvalue weighted by Crippen LogP contribution is -2.44. The van der Waals surface area contributed by atoms with E-state index in [4.69, 9.17) is 4.74 Å². The predicted molar refractivity (Wildman–Crippen MR) is 99.1 cm³/mol. The molecule has 2 unspecified atom stereocenters. The number of carbonyl (C=O) groups is 1. The Morgan fingerprint density at radius 2 is 1.74 bits per heavy atom. The van der Waals surface area contributed by atoms with Crippen LogP contribution in [0.3, 0.4) is 0 Å². The summed E-state index contributed by atoms with van der Waals surface area (Å²) in [5, 5.41) is 0. The monoisotopic (exact) mass is 351 g/mol. The summed E-state index contributed by atoms with van der Waals surface area (Å²) in [5.41, 5.74) is 1.34. The van der Waals surface area contributed by atoms with Gasteiger partial charge in [0.1, 0.15) is 5.75 Å². The smallest absolute Gasteiger partial charge is 0.260 e. The second kappa shape index (κ2) is 7.84. The molecular formula is C18H25NO2S2. The first kappa shape index (κ1) is 17.0. The molecule has 2 heterocycles. The second-order valence-corrected chi connectivity index (χ2v) is 9.40. The van der Waals surface area contributed by atoms with Crippen LogP contribution in [0.2, 0.25) is 0 Å². The summed E-state index contributed by atoms with van der Waals surface area (Å²) in [6.45, 7) is 6.30. The average Bonchev–Trinajstić information content (AvgIpc) is 3.06. The topological polar surface area (TPSA) is 29.5 Å². The van der Waals surface area contributed by atoms with Crippen LogP contribution < -0.4 is 4.74 Å². The number of piperidine rings is 1. The SMILES string of the molecule is CC1CC(C)CN(C(=O)COc2ccc(C3SCCS3)cc2)C1. The van der Waals surface area contributed by atoms with Crippen molar-refractivity contribution in [3.8, 4) is 5.75 Å². The van der Waals surface area contributed by atoms with E-state index < -0.39 is 0 Å². The molecule has 2 saturated heterocycles. The van der Waals surface area contributed by atoms with E-state index in [1.165, 1.54) is 23.5 Å². The molecule has 0 saturated carbocycles. The molecule has 5 heteroatoms. The third-order valence-corrected chi connectivity index (χ3v) is 7.46. The molecule has 1 aromatic rings. The van der Waals surface area contributed by atoms with Gasteiger partial charge < -0.3 is 9.64 Å². The summed E-state index contributed by atoms with van der Waals surface area (Å²) in [6, 6.07) is 8.23. The maximum absolute atomic E-state index is 12.3. The quantitative estimate of drug-likeness (QED) is 0.818. The highest BCUT2D eigenvalue weighted by molar-refractivity contribution is 8.19. The highest BCUT2D eigenvalue weighted by Gasteiger charge is 2.25. The van der Waals surface area contributed by atoms with Gasteiger partial charge in [0, 0.05) is 24.6 Å². The number of benzene rings is 1. The van der Waals surface area contributed by atoms with Crippen molar-refractivity contribution in [1.29, 1.82) is 0 Å². The Bertz CT molecular complexity index is 518. The normalized spacial score (nSPS) is 25.6. The van der Waals surface area contributed by atoms with E-state index in [1.807, 2.05) is 40.6 Å². The van der Waals surface area contributed by atoms with Crippen LogP contribution in [0.15, 0.2) is 24.3 Å². The first-order chi connectivity index (χ1) is 11.1. The van der Waals surface area contributed by atoms with E-state index in [2.05, 4.69) is 26.0 Å². The summed E-state index contributed by atoms with van der Waals surface area (Å²) in [4.78, 5) is 14.3. The molecule has 2 fully saturated rings. The minimum atomic E-state index is 0.106. The van der Waals surface area contributed by atoms with Gasteiger partial charge in [-0.1, -0.05) is 26.0 Å². The number of amides is 1. The fourth-order valence-electron chi connectivity index (χ4n) is 3.37. The van der Waals surface area contributed by atoms with Crippen molar-refractivity contribution in [2.75, 3.05) is 31.2 Å². The van der Waals surface area contributed by atoms with Crippen LogP contribution in [-0.2, 0) is 4.79 Å². The zero-order chi connectivity index (χ0) is 16.2. The Labute approximate surface area is 147 Å². The zero-order valence-electron chi connectivity index (χ0n) is 13.9. The van der Waals surface area contributed by atoms with Gasteiger partial charge in [-0.05, 0) is 36.0 Å². The summed E-state index contributed by atoms with van der Waals surface area (Å²) < 4.78 is 6.26. The maximum atomic E-state index is 12.3. The standard InChI is InChI=1S/C18H25NO2S2/c1-13-9-14(2)11-19(10-13)17(20)12-21-16-5-3-15(4-6-16)18-22-7-8-23-18/h3-6,13-14,18H,7-12H2,1-2H3. The van der Waals surface area contributed by atoms with Gasteiger partial charge in [0.2, 0.25) is 0 Å². The van der Waals surface area contributed by atoms with Gasteiger partial charge in [-0.3, -0.25) is 4.79 Å². The van der Waals surface area contributed by atoms with Crippen molar-refractivity contribution in [3.63, 3.8) is 0 Å². The van der Waals surface area contributed by atoms with E-state index in [-0.39, 0.29) is 12.5 Å². The molecule has 0 bridgehead atoms. The average molecular weight is 352 g/mol. The highest BCUT2D eigenvalue weighted by Crippen LogP contribution is 2.45. The minimum absolute atomic E-state index is 0.106. The molecule has 126 valence electrons. The summed E-state index contributed by atoms with van der Waals surface area (Å²) >= 11 is 4.00.